The highest BCUT2D eigenvalue weighted by Crippen LogP contribution is 2.35. The van der Waals surface area contributed by atoms with E-state index >= 15 is 0 Å². The van der Waals surface area contributed by atoms with Crippen molar-refractivity contribution in [2.75, 3.05) is 11.2 Å². The summed E-state index contributed by atoms with van der Waals surface area (Å²) in [5.74, 6) is -0.760. The number of rotatable bonds is 19. The van der Waals surface area contributed by atoms with E-state index in [1.54, 1.807) is 72.8 Å². The van der Waals surface area contributed by atoms with Crippen molar-refractivity contribution < 1.29 is 73.7 Å². The van der Waals surface area contributed by atoms with Gasteiger partial charge >= 0.3 is 21.2 Å². The van der Waals surface area contributed by atoms with Crippen LogP contribution < -0.4 is 10.1 Å². The number of carbonyl (C=O) groups is 1. The van der Waals surface area contributed by atoms with Crippen LogP contribution >= 0.6 is 0 Å². The van der Waals surface area contributed by atoms with Gasteiger partial charge < -0.3 is 10.1 Å². The van der Waals surface area contributed by atoms with Gasteiger partial charge in [0.15, 0.2) is 5.75 Å². The van der Waals surface area contributed by atoms with Crippen molar-refractivity contribution in [3.05, 3.63) is 162 Å². The molecule has 0 amide bonds. The number of benzene rings is 6. The zero-order valence-electron chi connectivity index (χ0n) is 39.4. The molecule has 0 aliphatic heterocycles. The molecule has 0 radical (unpaired) electrons. The van der Waals surface area contributed by atoms with Gasteiger partial charge in [-0.05, 0) is 121 Å². The highest BCUT2D eigenvalue weighted by Gasteiger charge is 2.18. The highest BCUT2D eigenvalue weighted by molar-refractivity contribution is 7.86. The Morgan fingerprint density at radius 3 is 1.45 bits per heavy atom. The van der Waals surface area contributed by atoms with Crippen molar-refractivity contribution in [3.63, 3.8) is 0 Å². The zero-order chi connectivity index (χ0) is 57.0. The number of hydrogen-bond acceptors (Lipinski definition) is 26. The third kappa shape index (κ3) is 20.6. The lowest BCUT2D eigenvalue weighted by Crippen LogP contribution is -2.17. The van der Waals surface area contributed by atoms with Crippen LogP contribution in [0.15, 0.2) is 184 Å². The van der Waals surface area contributed by atoms with Crippen molar-refractivity contribution >= 4 is 109 Å². The first-order valence-corrected chi connectivity index (χ1v) is 27.6. The topological polar surface area (TPSA) is 441 Å². The van der Waals surface area contributed by atoms with Crippen molar-refractivity contribution in [1.29, 1.82) is 0 Å². The fourth-order valence-electron chi connectivity index (χ4n) is 6.13. The van der Waals surface area contributed by atoms with E-state index in [2.05, 4.69) is 61.2 Å². The van der Waals surface area contributed by atoms with Crippen molar-refractivity contribution in [2.24, 2.45) is 40.9 Å². The summed E-state index contributed by atoms with van der Waals surface area (Å²) in [5.41, 5.74) is 4.29. The van der Waals surface area contributed by atoms with Gasteiger partial charge in [-0.3, -0.25) is 18.5 Å². The van der Waals surface area contributed by atoms with Gasteiger partial charge in [0.1, 0.15) is 33.8 Å². The first kappa shape index (κ1) is 59.8. The normalized spacial score (nSPS) is 11.7. The number of anilines is 1. The van der Waals surface area contributed by atoms with Gasteiger partial charge in [-0.2, -0.15) is 65.9 Å². The van der Waals surface area contributed by atoms with Crippen molar-refractivity contribution in [2.45, 2.75) is 29.6 Å². The summed E-state index contributed by atoms with van der Waals surface area (Å²) in [6, 6.07) is 34.1. The molecule has 29 nitrogen and oxygen atoms in total. The van der Waals surface area contributed by atoms with Gasteiger partial charge in [0.2, 0.25) is 5.95 Å². The highest BCUT2D eigenvalue weighted by atomic mass is 32.2. The average molecular weight is 1170 g/mol. The van der Waals surface area contributed by atoms with E-state index in [-0.39, 0.29) is 64.6 Å². The minimum Gasteiger partial charge on any atom is -0.426 e. The summed E-state index contributed by atoms with van der Waals surface area (Å²) in [5, 5.41) is 35.5. The minimum absolute atomic E-state index is 0.000519. The number of hydrogen-bond donors (Lipinski definition) is 4. The van der Waals surface area contributed by atoms with Crippen LogP contribution in [-0.4, -0.2) is 91.5 Å². The Bertz CT molecular complexity index is 3990. The molecular formula is C44H36N12O17S5. The molecule has 78 heavy (non-hydrogen) atoms. The van der Waals surface area contributed by atoms with Crippen LogP contribution in [0.1, 0.15) is 28.3 Å². The Kier molecular flexibility index (Phi) is 21.2. The Labute approximate surface area is 445 Å². The second-order valence-corrected chi connectivity index (χ2v) is 20.1. The lowest BCUT2D eigenvalue weighted by Gasteiger charge is -2.10. The van der Waals surface area contributed by atoms with Crippen LogP contribution in [0.4, 0.5) is 51.4 Å². The Morgan fingerprint density at radius 2 is 0.949 bits per heavy atom. The van der Waals surface area contributed by atoms with Crippen LogP contribution in [0.25, 0.3) is 0 Å². The van der Waals surface area contributed by atoms with E-state index in [1.807, 2.05) is 13.0 Å². The fraction of sp³-hybridized carbons (Fsp3) is 0.0909. The van der Waals surface area contributed by atoms with Gasteiger partial charge in [0.25, 0.3) is 36.8 Å². The van der Waals surface area contributed by atoms with Crippen molar-refractivity contribution in [3.8, 4) is 5.75 Å². The molecule has 0 bridgehead atoms. The zero-order valence-corrected chi connectivity index (χ0v) is 43.5. The number of aryl methyl sites for hydroxylation is 1. The summed E-state index contributed by atoms with van der Waals surface area (Å²) in [4.78, 5) is 23.9. The third-order valence-corrected chi connectivity index (χ3v) is 11.6. The smallest absolute Gasteiger partial charge is 0.425 e. The molecule has 34 heteroatoms. The number of ether oxygens (including phenoxy) is 1. The molecule has 0 spiro atoms. The lowest BCUT2D eigenvalue weighted by atomic mass is 10.1. The van der Waals surface area contributed by atoms with E-state index in [4.69, 9.17) is 34.5 Å². The van der Waals surface area contributed by atoms with E-state index in [0.29, 0.717) is 34.0 Å². The second kappa shape index (κ2) is 27.7. The summed E-state index contributed by atoms with van der Waals surface area (Å²) in [6.45, 7) is 1.98. The molecule has 6 aromatic carbocycles. The number of nitrogens with one attached hydrogen (secondary N) is 1. The first-order valence-electron chi connectivity index (χ1n) is 21.1. The number of carbonyl (C=O) groups excluding carboxylic acids is 1. The molecule has 0 atom stereocenters. The van der Waals surface area contributed by atoms with Gasteiger partial charge in [-0.1, -0.05) is 36.4 Å². The van der Waals surface area contributed by atoms with Crippen LogP contribution in [0.5, 0.6) is 5.75 Å². The summed E-state index contributed by atoms with van der Waals surface area (Å²) in [7, 11) is -19.8. The molecule has 7 rings (SSSR count). The van der Waals surface area contributed by atoms with Crippen LogP contribution in [-0.2, 0) is 69.2 Å². The molecule has 0 saturated heterocycles. The minimum atomic E-state index is -4.81. The first-order chi connectivity index (χ1) is 36.8. The molecule has 0 aliphatic carbocycles. The average Bonchev–Trinajstić information content (AvgIpc) is 3.36. The standard InChI is InChI=1S/C44H36N12O11S3.2O3S/c1-28-21-29(7-18-37(28)54-52-33-11-9-32(10-12-33)50-51-34-13-16-36(17-14-34)69(61,62)63)23-42-46-43(48-44(47-42)45-26-68(58,59)60)24-30-8-19-38(40(22-30)67-27-57)55-56-39-20-15-35(25-41(39)70(64,65)66)53-49-31-5-3-2-4-6-31;2*1-4(2)3/h2-22,25,27H,23-24,26H2,1H3,(H,58,59,60)(H,61,62,63)(H,64,65,66)(H,45,46,47,48);;. The predicted octanol–water partition coefficient (Wildman–Crippen LogP) is 8.30. The third-order valence-electron chi connectivity index (χ3n) is 9.39. The quantitative estimate of drug-likeness (QED) is 0.0336. The molecule has 7 aromatic rings. The number of azo groups is 4. The molecule has 4 N–H and O–H groups in total. The summed E-state index contributed by atoms with van der Waals surface area (Å²) < 4.78 is 155. The molecule has 1 heterocycles. The molecule has 0 fully saturated rings. The molecular weight excluding hydrogens is 1130 g/mol. The van der Waals surface area contributed by atoms with Crippen LogP contribution in [0.3, 0.4) is 0 Å². The molecule has 0 aliphatic rings. The Hall–Kier alpha value is -9.03. The molecule has 404 valence electrons. The van der Waals surface area contributed by atoms with Gasteiger partial charge in [-0.15, -0.1) is 35.5 Å². The molecule has 0 saturated carbocycles. The predicted molar refractivity (Wildman–Crippen MR) is 271 cm³/mol. The van der Waals surface area contributed by atoms with E-state index in [1.165, 1.54) is 48.5 Å². The second-order valence-electron chi connectivity index (χ2n) is 15.0. The lowest BCUT2D eigenvalue weighted by molar-refractivity contribution is -0.120. The van der Waals surface area contributed by atoms with E-state index < -0.39 is 62.3 Å². The van der Waals surface area contributed by atoms with E-state index in [0.717, 1.165) is 17.2 Å². The van der Waals surface area contributed by atoms with Crippen LogP contribution in [0.2, 0.25) is 0 Å². The largest absolute Gasteiger partial charge is 0.426 e. The maximum absolute atomic E-state index is 12.3. The SMILES string of the molecule is Cc1cc(Cc2nc(Cc3ccc(N=Nc4ccc(N=Nc5ccccc5)cc4S(=O)(=O)O)c(OC=O)c3)nc(NCS(=O)(=O)O)n2)ccc1N=Nc1ccc(N=Nc2ccc(S(=O)(=O)O)cc2)cc1.O=S(=O)=O.O=S(=O)=O. The van der Waals surface area contributed by atoms with Gasteiger partial charge in [-0.25, -0.2) is 4.98 Å². The number of nitrogens with zero attached hydrogens (tertiary/aromatic N) is 11. The fourth-order valence-corrected chi connectivity index (χ4v) is 7.57. The monoisotopic (exact) mass is 1160 g/mol. The Morgan fingerprint density at radius 1 is 0.513 bits per heavy atom. The van der Waals surface area contributed by atoms with Crippen molar-refractivity contribution in [1.82, 2.24) is 15.0 Å². The van der Waals surface area contributed by atoms with Gasteiger partial charge in [0, 0.05) is 12.8 Å². The summed E-state index contributed by atoms with van der Waals surface area (Å²) in [6.07, 6.45) is 0.139. The van der Waals surface area contributed by atoms with E-state index in [9.17, 15) is 39.2 Å². The maximum Gasteiger partial charge on any atom is 0.425 e. The molecule has 0 unspecified atom stereocenters. The molecule has 1 aromatic heterocycles. The maximum atomic E-state index is 12.3. The Balaban J connectivity index is 0.00000131. The summed E-state index contributed by atoms with van der Waals surface area (Å²) >= 11 is 0. The number of aromatic nitrogens is 3. The van der Waals surface area contributed by atoms with Gasteiger partial charge in [0.05, 0.1) is 39.0 Å². The van der Waals surface area contributed by atoms with Crippen LogP contribution in [0, 0.1) is 6.92 Å².